The van der Waals surface area contributed by atoms with Gasteiger partial charge in [0.25, 0.3) is 5.69 Å². The molecule has 2 aromatic carbocycles. The molecule has 0 spiro atoms. The van der Waals surface area contributed by atoms with Gasteiger partial charge in [-0.3, -0.25) is 19.8 Å². The molecule has 1 fully saturated rings. The fourth-order valence-corrected chi connectivity index (χ4v) is 3.41. The quantitative estimate of drug-likeness (QED) is 0.409. The smallest absolute Gasteiger partial charge is 0.269 e. The highest BCUT2D eigenvalue weighted by atomic mass is 16.6. The Bertz CT molecular complexity index is 873. The number of hydrazone groups is 1. The van der Waals surface area contributed by atoms with E-state index in [-0.39, 0.29) is 17.5 Å². The van der Waals surface area contributed by atoms with Gasteiger partial charge in [-0.15, -0.1) is 0 Å². The number of hydrogen-bond donors (Lipinski definition) is 1. The zero-order valence-electron chi connectivity index (χ0n) is 17.0. The fraction of sp³-hybridized carbons (Fsp3) is 0.364. The van der Waals surface area contributed by atoms with Crippen LogP contribution in [0.3, 0.4) is 0 Å². The first-order valence-corrected chi connectivity index (χ1v) is 10.1. The number of amides is 1. The van der Waals surface area contributed by atoms with E-state index in [4.69, 9.17) is 4.74 Å². The number of benzene rings is 2. The molecule has 0 radical (unpaired) electrons. The molecule has 3 rings (SSSR count). The Kier molecular flexibility index (Phi) is 7.51. The maximum absolute atomic E-state index is 12.4. The minimum Gasteiger partial charge on any atom is -0.494 e. The molecule has 0 aromatic heterocycles. The van der Waals surface area contributed by atoms with Crippen LogP contribution in [0.2, 0.25) is 0 Å². The Balaban J connectivity index is 1.41. The SMILES string of the molecule is CCOc1ccc(/C=N/NC(=O)C2CCN(Cc3ccc([N+](=O)[O-])cc3)CC2)cc1. The van der Waals surface area contributed by atoms with Gasteiger partial charge in [-0.05, 0) is 68.2 Å². The number of nitrogens with zero attached hydrogens (tertiary/aromatic N) is 3. The van der Waals surface area contributed by atoms with Gasteiger partial charge in [-0.25, -0.2) is 5.43 Å². The Morgan fingerprint density at radius 2 is 1.87 bits per heavy atom. The third-order valence-electron chi connectivity index (χ3n) is 5.09. The molecule has 30 heavy (non-hydrogen) atoms. The highest BCUT2D eigenvalue weighted by Gasteiger charge is 2.24. The van der Waals surface area contributed by atoms with Crippen molar-refractivity contribution in [2.45, 2.75) is 26.3 Å². The van der Waals surface area contributed by atoms with Crippen molar-refractivity contribution in [3.63, 3.8) is 0 Å². The minimum atomic E-state index is -0.397. The summed E-state index contributed by atoms with van der Waals surface area (Å²) in [4.78, 5) is 25.0. The van der Waals surface area contributed by atoms with Gasteiger partial charge in [0.05, 0.1) is 17.7 Å². The lowest BCUT2D eigenvalue weighted by Gasteiger charge is -2.30. The van der Waals surface area contributed by atoms with Gasteiger partial charge in [0.2, 0.25) is 5.91 Å². The zero-order valence-corrected chi connectivity index (χ0v) is 17.0. The highest BCUT2D eigenvalue weighted by molar-refractivity contribution is 5.83. The number of nitro benzene ring substituents is 1. The Labute approximate surface area is 175 Å². The van der Waals surface area contributed by atoms with Crippen LogP contribution in [0.4, 0.5) is 5.69 Å². The molecule has 1 aliphatic heterocycles. The molecule has 1 N–H and O–H groups in total. The van der Waals surface area contributed by atoms with Crippen LogP contribution in [0.15, 0.2) is 53.6 Å². The van der Waals surface area contributed by atoms with Gasteiger partial charge in [0.1, 0.15) is 5.75 Å². The molecule has 0 saturated carbocycles. The van der Waals surface area contributed by atoms with Crippen LogP contribution in [0, 0.1) is 16.0 Å². The largest absolute Gasteiger partial charge is 0.494 e. The van der Waals surface area contributed by atoms with Crippen molar-refractivity contribution >= 4 is 17.8 Å². The summed E-state index contributed by atoms with van der Waals surface area (Å²) in [5.41, 5.74) is 4.65. The number of carbonyl (C=O) groups excluding carboxylic acids is 1. The molecule has 158 valence electrons. The van der Waals surface area contributed by atoms with Crippen molar-refractivity contribution in [3.05, 3.63) is 69.8 Å². The normalized spacial score (nSPS) is 15.2. The van der Waals surface area contributed by atoms with Crippen molar-refractivity contribution in [3.8, 4) is 5.75 Å². The average Bonchev–Trinajstić information content (AvgIpc) is 2.76. The number of rotatable bonds is 8. The maximum Gasteiger partial charge on any atom is 0.269 e. The van der Waals surface area contributed by atoms with Gasteiger partial charge in [0, 0.05) is 24.6 Å². The van der Waals surface area contributed by atoms with Gasteiger partial charge in [0.15, 0.2) is 0 Å². The van der Waals surface area contributed by atoms with Crippen LogP contribution in [0.25, 0.3) is 0 Å². The van der Waals surface area contributed by atoms with Crippen molar-refractivity contribution in [2.24, 2.45) is 11.0 Å². The van der Waals surface area contributed by atoms with Crippen LogP contribution in [-0.4, -0.2) is 41.6 Å². The number of ether oxygens (including phenoxy) is 1. The van der Waals surface area contributed by atoms with E-state index >= 15 is 0 Å². The third kappa shape index (κ3) is 6.12. The van der Waals surface area contributed by atoms with Crippen molar-refractivity contribution in [1.29, 1.82) is 0 Å². The summed E-state index contributed by atoms with van der Waals surface area (Å²) >= 11 is 0. The lowest BCUT2D eigenvalue weighted by atomic mass is 9.96. The first kappa shape index (κ1) is 21.4. The number of hydrogen-bond acceptors (Lipinski definition) is 6. The number of nitrogens with one attached hydrogen (secondary N) is 1. The van der Waals surface area contributed by atoms with Crippen LogP contribution in [-0.2, 0) is 11.3 Å². The van der Waals surface area contributed by atoms with Gasteiger partial charge in [-0.2, -0.15) is 5.10 Å². The molecular weight excluding hydrogens is 384 g/mol. The van der Waals surface area contributed by atoms with Crippen LogP contribution >= 0.6 is 0 Å². The van der Waals surface area contributed by atoms with Crippen molar-refractivity contribution < 1.29 is 14.5 Å². The van der Waals surface area contributed by atoms with Crippen molar-refractivity contribution in [2.75, 3.05) is 19.7 Å². The van der Waals surface area contributed by atoms with Gasteiger partial charge >= 0.3 is 0 Å². The topological polar surface area (TPSA) is 97.1 Å². The molecule has 2 aromatic rings. The van der Waals surface area contributed by atoms with Gasteiger partial charge in [-0.1, -0.05) is 12.1 Å². The lowest BCUT2D eigenvalue weighted by molar-refractivity contribution is -0.384. The summed E-state index contributed by atoms with van der Waals surface area (Å²) in [6.07, 6.45) is 3.14. The molecule has 1 saturated heterocycles. The molecule has 8 nitrogen and oxygen atoms in total. The molecule has 0 aliphatic carbocycles. The summed E-state index contributed by atoms with van der Waals surface area (Å²) < 4.78 is 5.40. The maximum atomic E-state index is 12.4. The third-order valence-corrected chi connectivity index (χ3v) is 5.09. The Morgan fingerprint density at radius 1 is 1.20 bits per heavy atom. The lowest BCUT2D eigenvalue weighted by Crippen LogP contribution is -2.39. The number of nitro groups is 1. The highest BCUT2D eigenvalue weighted by Crippen LogP contribution is 2.20. The predicted molar refractivity (Wildman–Crippen MR) is 114 cm³/mol. The van der Waals surface area contributed by atoms with Crippen LogP contribution in [0.1, 0.15) is 30.9 Å². The summed E-state index contributed by atoms with van der Waals surface area (Å²) in [7, 11) is 0. The molecule has 0 unspecified atom stereocenters. The first-order chi connectivity index (χ1) is 14.5. The van der Waals surface area contributed by atoms with Crippen LogP contribution in [0.5, 0.6) is 5.75 Å². The van der Waals surface area contributed by atoms with E-state index in [2.05, 4.69) is 15.4 Å². The summed E-state index contributed by atoms with van der Waals surface area (Å²) in [5, 5.41) is 14.8. The molecular formula is C22H26N4O4. The Hall–Kier alpha value is -3.26. The molecule has 1 heterocycles. The standard InChI is InChI=1S/C22H26N4O4/c1-2-30-21-9-5-17(6-10-21)15-23-24-22(27)19-11-13-25(14-12-19)16-18-3-7-20(8-4-18)26(28)29/h3-10,15,19H,2,11-14,16H2,1H3,(H,24,27)/b23-15+. The number of likely N-dealkylation sites (tertiary alicyclic amines) is 1. The van der Waals surface area contributed by atoms with Crippen molar-refractivity contribution in [1.82, 2.24) is 10.3 Å². The number of carbonyl (C=O) groups is 1. The molecule has 1 amide bonds. The second-order valence-electron chi connectivity index (χ2n) is 7.21. The molecule has 0 bridgehead atoms. The van der Waals surface area contributed by atoms with E-state index in [1.165, 1.54) is 12.1 Å². The molecule has 8 heteroatoms. The van der Waals surface area contributed by atoms with E-state index in [9.17, 15) is 14.9 Å². The molecule has 0 atom stereocenters. The van der Waals surface area contributed by atoms with E-state index in [0.717, 1.165) is 49.4 Å². The minimum absolute atomic E-state index is 0.0596. The van der Waals surface area contributed by atoms with E-state index in [1.54, 1.807) is 18.3 Å². The number of non-ortho nitro benzene ring substituents is 1. The second-order valence-corrected chi connectivity index (χ2v) is 7.21. The fourth-order valence-electron chi connectivity index (χ4n) is 3.41. The van der Waals surface area contributed by atoms with E-state index in [0.29, 0.717) is 6.61 Å². The summed E-state index contributed by atoms with van der Waals surface area (Å²) in [5.74, 6) is 0.682. The molecule has 1 aliphatic rings. The first-order valence-electron chi connectivity index (χ1n) is 10.1. The number of piperidine rings is 1. The van der Waals surface area contributed by atoms with Gasteiger partial charge < -0.3 is 4.74 Å². The van der Waals surface area contributed by atoms with E-state index in [1.807, 2.05) is 31.2 Å². The Morgan fingerprint density at radius 3 is 2.47 bits per heavy atom. The predicted octanol–water partition coefficient (Wildman–Crippen LogP) is 3.36. The summed E-state index contributed by atoms with van der Waals surface area (Å²) in [6.45, 7) is 4.89. The van der Waals surface area contributed by atoms with E-state index < -0.39 is 4.92 Å². The average molecular weight is 410 g/mol. The zero-order chi connectivity index (χ0) is 21.3. The monoisotopic (exact) mass is 410 g/mol. The van der Waals surface area contributed by atoms with Crippen LogP contribution < -0.4 is 10.2 Å². The summed E-state index contributed by atoms with van der Waals surface area (Å²) in [6, 6.07) is 14.1. The second kappa shape index (κ2) is 10.5.